The Morgan fingerprint density at radius 3 is 2.68 bits per heavy atom. The van der Waals surface area contributed by atoms with Gasteiger partial charge >= 0.3 is 5.97 Å². The lowest BCUT2D eigenvalue weighted by atomic mass is 10.1. The molecule has 0 aliphatic rings. The fraction of sp³-hybridized carbons (Fsp3) is 0.280. The van der Waals surface area contributed by atoms with Crippen LogP contribution in [0, 0.1) is 11.3 Å². The largest absolute Gasteiger partial charge is 0.480 e. The molecule has 0 saturated carbocycles. The molecule has 0 aliphatic carbocycles. The number of nitriles is 1. The summed E-state index contributed by atoms with van der Waals surface area (Å²) in [5.41, 5.74) is 4.07. The van der Waals surface area contributed by atoms with Crippen LogP contribution in [0.2, 0.25) is 0 Å². The monoisotopic (exact) mass is 477 g/mol. The van der Waals surface area contributed by atoms with Crippen molar-refractivity contribution in [2.45, 2.75) is 32.1 Å². The van der Waals surface area contributed by atoms with Crippen LogP contribution in [0.1, 0.15) is 39.2 Å². The summed E-state index contributed by atoms with van der Waals surface area (Å²) >= 11 is 1.54. The Labute approximate surface area is 203 Å². The smallest absolute Gasteiger partial charge is 0.326 e. The molecule has 8 nitrogen and oxygen atoms in total. The van der Waals surface area contributed by atoms with Gasteiger partial charge in [0, 0.05) is 31.4 Å². The number of hydrogen-bond acceptors (Lipinski definition) is 6. The van der Waals surface area contributed by atoms with E-state index in [1.807, 2.05) is 29.0 Å². The molecule has 0 unspecified atom stereocenters. The minimum atomic E-state index is -1.03. The number of rotatable bonds is 12. The van der Waals surface area contributed by atoms with Crippen LogP contribution in [0.3, 0.4) is 0 Å². The van der Waals surface area contributed by atoms with Crippen molar-refractivity contribution in [3.8, 4) is 6.07 Å². The van der Waals surface area contributed by atoms with Crippen LogP contribution in [-0.4, -0.2) is 44.6 Å². The number of carbonyl (C=O) groups excluding carboxylic acids is 1. The predicted molar refractivity (Wildman–Crippen MR) is 131 cm³/mol. The molecular weight excluding hydrogens is 450 g/mol. The van der Waals surface area contributed by atoms with Crippen LogP contribution in [-0.2, 0) is 24.4 Å². The standard InChI is InChI=1S/C25H27N5O3S/c1-34-10-9-23(25(32)33)29-24(31)21-4-2-3-20(11-21)13-27-14-22-15-28-17-30(22)16-19-7-5-18(12-26)6-8-19/h2-8,11,15,17,23,27H,9-10,13-14,16H2,1H3,(H,29,31)(H,32,33)/t23-/m0/s1. The average molecular weight is 478 g/mol. The third kappa shape index (κ3) is 7.20. The maximum absolute atomic E-state index is 12.6. The van der Waals surface area contributed by atoms with E-state index in [1.165, 1.54) is 0 Å². The molecule has 1 aromatic heterocycles. The minimum Gasteiger partial charge on any atom is -0.480 e. The summed E-state index contributed by atoms with van der Waals surface area (Å²) < 4.78 is 2.04. The number of hydrogen-bond donors (Lipinski definition) is 3. The summed E-state index contributed by atoms with van der Waals surface area (Å²) in [6.07, 6.45) is 5.86. The van der Waals surface area contributed by atoms with Crippen LogP contribution >= 0.6 is 11.8 Å². The van der Waals surface area contributed by atoms with E-state index in [-0.39, 0.29) is 0 Å². The highest BCUT2D eigenvalue weighted by molar-refractivity contribution is 7.98. The Morgan fingerprint density at radius 2 is 1.97 bits per heavy atom. The highest BCUT2D eigenvalue weighted by atomic mass is 32.2. The number of aromatic nitrogens is 2. The summed E-state index contributed by atoms with van der Waals surface area (Å²) in [6.45, 7) is 1.78. The molecule has 2 aromatic carbocycles. The predicted octanol–water partition coefficient (Wildman–Crippen LogP) is 3.03. The lowest BCUT2D eigenvalue weighted by Crippen LogP contribution is -2.41. The Balaban J connectivity index is 1.55. The number of carboxylic acid groups (broad SMARTS) is 1. The van der Waals surface area contributed by atoms with Crippen molar-refractivity contribution in [1.82, 2.24) is 20.2 Å². The Morgan fingerprint density at radius 1 is 1.18 bits per heavy atom. The van der Waals surface area contributed by atoms with Crippen molar-refractivity contribution >= 4 is 23.6 Å². The zero-order valence-electron chi connectivity index (χ0n) is 18.9. The summed E-state index contributed by atoms with van der Waals surface area (Å²) in [6, 6.07) is 15.8. The summed E-state index contributed by atoms with van der Waals surface area (Å²) in [5.74, 6) is -0.767. The second kappa shape index (κ2) is 12.6. The van der Waals surface area contributed by atoms with Gasteiger partial charge in [0.05, 0.1) is 23.7 Å². The maximum atomic E-state index is 12.6. The van der Waals surface area contributed by atoms with Crippen LogP contribution < -0.4 is 10.6 Å². The van der Waals surface area contributed by atoms with Crippen molar-refractivity contribution in [1.29, 1.82) is 5.26 Å². The molecule has 0 bridgehead atoms. The van der Waals surface area contributed by atoms with Crippen molar-refractivity contribution in [3.63, 3.8) is 0 Å². The van der Waals surface area contributed by atoms with Gasteiger partial charge in [-0.25, -0.2) is 9.78 Å². The molecular formula is C25H27N5O3S. The van der Waals surface area contributed by atoms with E-state index in [4.69, 9.17) is 5.26 Å². The van der Waals surface area contributed by atoms with Crippen molar-refractivity contribution in [2.75, 3.05) is 12.0 Å². The van der Waals surface area contributed by atoms with Crippen molar-refractivity contribution < 1.29 is 14.7 Å². The summed E-state index contributed by atoms with van der Waals surface area (Å²) in [5, 5.41) is 24.3. The van der Waals surface area contributed by atoms with E-state index in [9.17, 15) is 14.7 Å². The molecule has 3 rings (SSSR count). The van der Waals surface area contributed by atoms with Gasteiger partial charge in [0.15, 0.2) is 0 Å². The molecule has 9 heteroatoms. The van der Waals surface area contributed by atoms with E-state index < -0.39 is 17.9 Å². The first-order chi connectivity index (χ1) is 16.5. The maximum Gasteiger partial charge on any atom is 0.326 e. The molecule has 176 valence electrons. The van der Waals surface area contributed by atoms with Crippen molar-refractivity contribution in [2.24, 2.45) is 0 Å². The molecule has 3 N–H and O–H groups in total. The van der Waals surface area contributed by atoms with Gasteiger partial charge in [-0.2, -0.15) is 17.0 Å². The lowest BCUT2D eigenvalue weighted by Gasteiger charge is -2.14. The van der Waals surface area contributed by atoms with Gasteiger partial charge in [0.2, 0.25) is 0 Å². The second-order valence-electron chi connectivity index (χ2n) is 7.77. The van der Waals surface area contributed by atoms with Crippen LogP contribution in [0.4, 0.5) is 0 Å². The minimum absolute atomic E-state index is 0.375. The molecule has 0 radical (unpaired) electrons. The van der Waals surface area contributed by atoms with Gasteiger partial charge in [0.1, 0.15) is 6.04 Å². The number of carbonyl (C=O) groups is 2. The summed E-state index contributed by atoms with van der Waals surface area (Å²) in [4.78, 5) is 28.2. The van der Waals surface area contributed by atoms with Crippen LogP contribution in [0.25, 0.3) is 0 Å². The van der Waals surface area contributed by atoms with Gasteiger partial charge in [0.25, 0.3) is 5.91 Å². The SMILES string of the molecule is CSCC[C@H](NC(=O)c1cccc(CNCc2cncn2Cc2ccc(C#N)cc2)c1)C(=O)O. The topological polar surface area (TPSA) is 120 Å². The van der Waals surface area contributed by atoms with Gasteiger partial charge < -0.3 is 20.3 Å². The molecule has 0 aliphatic heterocycles. The number of benzene rings is 2. The van der Waals surface area contributed by atoms with Gasteiger partial charge in [-0.15, -0.1) is 0 Å². The van der Waals surface area contributed by atoms with E-state index in [1.54, 1.807) is 54.6 Å². The Bertz CT molecular complexity index is 1150. The van der Waals surface area contributed by atoms with Crippen LogP contribution in [0.5, 0.6) is 0 Å². The number of nitrogens with one attached hydrogen (secondary N) is 2. The van der Waals surface area contributed by atoms with E-state index in [0.29, 0.717) is 42.9 Å². The van der Waals surface area contributed by atoms with Gasteiger partial charge in [-0.3, -0.25) is 4.79 Å². The van der Waals surface area contributed by atoms with Gasteiger partial charge in [-0.1, -0.05) is 24.3 Å². The lowest BCUT2D eigenvalue weighted by molar-refractivity contribution is -0.139. The van der Waals surface area contributed by atoms with Crippen LogP contribution in [0.15, 0.2) is 61.1 Å². The first-order valence-corrected chi connectivity index (χ1v) is 12.2. The zero-order valence-corrected chi connectivity index (χ0v) is 19.7. The summed E-state index contributed by atoms with van der Waals surface area (Å²) in [7, 11) is 0. The highest BCUT2D eigenvalue weighted by Crippen LogP contribution is 2.10. The number of amides is 1. The Kier molecular flexibility index (Phi) is 9.26. The zero-order chi connectivity index (χ0) is 24.3. The highest BCUT2D eigenvalue weighted by Gasteiger charge is 2.20. The van der Waals surface area contributed by atoms with E-state index >= 15 is 0 Å². The normalized spacial score (nSPS) is 11.5. The van der Waals surface area contributed by atoms with Crippen molar-refractivity contribution in [3.05, 3.63) is 89.0 Å². The average Bonchev–Trinajstić information content (AvgIpc) is 3.28. The number of imidazole rings is 1. The quantitative estimate of drug-likeness (QED) is 0.367. The molecule has 1 amide bonds. The molecule has 34 heavy (non-hydrogen) atoms. The fourth-order valence-electron chi connectivity index (χ4n) is 3.41. The molecule has 0 saturated heterocycles. The molecule has 0 spiro atoms. The number of aliphatic carboxylic acids is 1. The third-order valence-corrected chi connectivity index (χ3v) is 5.92. The first-order valence-electron chi connectivity index (χ1n) is 10.8. The number of nitrogens with zero attached hydrogens (tertiary/aromatic N) is 3. The number of thioether (sulfide) groups is 1. The third-order valence-electron chi connectivity index (χ3n) is 5.27. The second-order valence-corrected chi connectivity index (χ2v) is 8.76. The molecule has 1 atom stereocenters. The first kappa shape index (κ1) is 25.0. The molecule has 1 heterocycles. The Hall–Kier alpha value is -3.61. The number of carboxylic acids is 1. The van der Waals surface area contributed by atoms with E-state index in [0.717, 1.165) is 16.8 Å². The molecule has 0 fully saturated rings. The molecule has 3 aromatic rings. The van der Waals surface area contributed by atoms with Gasteiger partial charge in [-0.05, 0) is 53.8 Å². The fourth-order valence-corrected chi connectivity index (χ4v) is 3.88. The van der Waals surface area contributed by atoms with E-state index in [2.05, 4.69) is 21.7 Å².